The lowest BCUT2D eigenvalue weighted by molar-refractivity contribution is -0.137. The first-order valence-corrected chi connectivity index (χ1v) is 10.9. The van der Waals surface area contributed by atoms with E-state index < -0.39 is 22.5 Å². The number of hydrogen-bond donors (Lipinski definition) is 1. The van der Waals surface area contributed by atoms with Gasteiger partial charge in [-0.3, -0.25) is 9.69 Å². The fourth-order valence-electron chi connectivity index (χ4n) is 3.47. The first-order chi connectivity index (χ1) is 12.8. The van der Waals surface area contributed by atoms with Crippen LogP contribution in [0, 0.1) is 0 Å². The molecule has 27 heavy (non-hydrogen) atoms. The van der Waals surface area contributed by atoms with Gasteiger partial charge in [-0.15, -0.1) is 0 Å². The van der Waals surface area contributed by atoms with Gasteiger partial charge in [-0.2, -0.15) is 4.31 Å². The number of nitrogens with zero attached hydrogens (tertiary/aromatic N) is 2. The fraction of sp³-hybridized carbons (Fsp3) is 0.611. The Labute approximate surface area is 159 Å². The van der Waals surface area contributed by atoms with Crippen molar-refractivity contribution in [1.29, 1.82) is 0 Å². The van der Waals surface area contributed by atoms with E-state index in [4.69, 9.17) is 14.6 Å². The Hall–Kier alpha value is -1.68. The van der Waals surface area contributed by atoms with Gasteiger partial charge in [0.25, 0.3) is 0 Å². The molecule has 0 radical (unpaired) electrons. The van der Waals surface area contributed by atoms with Crippen LogP contribution in [0.1, 0.15) is 11.1 Å². The van der Waals surface area contributed by atoms with Crippen molar-refractivity contribution in [3.8, 4) is 5.75 Å². The molecule has 0 aliphatic carbocycles. The summed E-state index contributed by atoms with van der Waals surface area (Å²) in [5, 5.41) is 8.94. The Morgan fingerprint density at radius 3 is 2.93 bits per heavy atom. The molecular weight excluding hydrogens is 372 g/mol. The maximum absolute atomic E-state index is 11.8. The van der Waals surface area contributed by atoms with Gasteiger partial charge >= 0.3 is 5.97 Å². The van der Waals surface area contributed by atoms with Crippen LogP contribution >= 0.6 is 0 Å². The Bertz CT molecular complexity index is 782. The van der Waals surface area contributed by atoms with Crippen LogP contribution in [0.5, 0.6) is 5.75 Å². The molecule has 9 heteroatoms. The van der Waals surface area contributed by atoms with E-state index in [9.17, 15) is 13.2 Å². The number of aliphatic carboxylic acids is 1. The van der Waals surface area contributed by atoms with E-state index in [0.717, 1.165) is 48.8 Å². The molecule has 0 saturated carbocycles. The number of morpholine rings is 1. The van der Waals surface area contributed by atoms with Crippen molar-refractivity contribution in [3.05, 3.63) is 29.3 Å². The smallest absolute Gasteiger partial charge is 0.318 e. The number of carboxylic acid groups (broad SMARTS) is 1. The number of ether oxygens (including phenoxy) is 2. The third kappa shape index (κ3) is 5.65. The molecule has 0 spiro atoms. The number of rotatable bonds is 8. The van der Waals surface area contributed by atoms with Crippen molar-refractivity contribution < 1.29 is 27.8 Å². The molecule has 8 nitrogen and oxygen atoms in total. The summed E-state index contributed by atoms with van der Waals surface area (Å²) in [6.07, 6.45) is 2.54. The van der Waals surface area contributed by atoms with Crippen LogP contribution in [-0.4, -0.2) is 87.0 Å². The fourth-order valence-corrected chi connectivity index (χ4v) is 4.25. The van der Waals surface area contributed by atoms with Crippen LogP contribution in [0.4, 0.5) is 0 Å². The normalized spacial score (nSPS) is 20.4. The molecule has 0 aromatic heterocycles. The summed E-state index contributed by atoms with van der Waals surface area (Å²) < 4.78 is 35.8. The molecule has 1 unspecified atom stereocenters. The standard InChI is InChI=1S/C18H26N2O6S/c1-27(23,24)20(13-18(21)22)12-16-11-19(7-9-25-16)6-4-14-2-3-17-15(10-14)5-8-26-17/h2-3,10,16H,4-9,11-13H2,1H3,(H,21,22). The van der Waals surface area contributed by atoms with E-state index in [1.54, 1.807) is 0 Å². The van der Waals surface area contributed by atoms with Crippen molar-refractivity contribution >= 4 is 16.0 Å². The largest absolute Gasteiger partial charge is 0.493 e. The number of hydrogen-bond acceptors (Lipinski definition) is 6. The molecule has 0 bridgehead atoms. The molecule has 2 heterocycles. The molecule has 1 aromatic rings. The topological polar surface area (TPSA) is 96.4 Å². The lowest BCUT2D eigenvalue weighted by Crippen LogP contribution is -2.49. The van der Waals surface area contributed by atoms with Crippen molar-refractivity contribution in [2.45, 2.75) is 18.9 Å². The zero-order valence-electron chi connectivity index (χ0n) is 15.5. The molecule has 0 amide bonds. The minimum atomic E-state index is -3.60. The monoisotopic (exact) mass is 398 g/mol. The van der Waals surface area contributed by atoms with Gasteiger partial charge in [0, 0.05) is 32.6 Å². The average Bonchev–Trinajstić information content (AvgIpc) is 3.06. The van der Waals surface area contributed by atoms with E-state index in [-0.39, 0.29) is 12.6 Å². The van der Waals surface area contributed by atoms with Crippen LogP contribution in [0.2, 0.25) is 0 Å². The number of carbonyl (C=O) groups is 1. The van der Waals surface area contributed by atoms with Crippen LogP contribution < -0.4 is 4.74 Å². The highest BCUT2D eigenvalue weighted by atomic mass is 32.2. The molecule has 2 aliphatic rings. The molecule has 1 atom stereocenters. The van der Waals surface area contributed by atoms with Gasteiger partial charge in [-0.25, -0.2) is 8.42 Å². The molecule has 1 N–H and O–H groups in total. The van der Waals surface area contributed by atoms with E-state index in [1.165, 1.54) is 11.1 Å². The predicted octanol–water partition coefficient (Wildman–Crippen LogP) is 0.211. The summed E-state index contributed by atoms with van der Waals surface area (Å²) in [5.74, 6) is -0.196. The first kappa shape index (κ1) is 20.1. The van der Waals surface area contributed by atoms with Crippen LogP contribution in [0.15, 0.2) is 18.2 Å². The Morgan fingerprint density at radius 2 is 2.19 bits per heavy atom. The van der Waals surface area contributed by atoms with Gasteiger partial charge in [-0.1, -0.05) is 12.1 Å². The number of carboxylic acids is 1. The third-order valence-electron chi connectivity index (χ3n) is 4.88. The highest BCUT2D eigenvalue weighted by Crippen LogP contribution is 2.26. The van der Waals surface area contributed by atoms with Crippen LogP contribution in [0.25, 0.3) is 0 Å². The van der Waals surface area contributed by atoms with Crippen LogP contribution in [0.3, 0.4) is 0 Å². The maximum atomic E-state index is 11.8. The van der Waals surface area contributed by atoms with E-state index in [2.05, 4.69) is 17.0 Å². The van der Waals surface area contributed by atoms with E-state index in [1.807, 2.05) is 6.07 Å². The lowest BCUT2D eigenvalue weighted by Gasteiger charge is -2.34. The summed E-state index contributed by atoms with van der Waals surface area (Å²) in [4.78, 5) is 13.2. The predicted molar refractivity (Wildman–Crippen MR) is 99.6 cm³/mol. The maximum Gasteiger partial charge on any atom is 0.318 e. The highest BCUT2D eigenvalue weighted by molar-refractivity contribution is 7.88. The van der Waals surface area contributed by atoms with Crippen molar-refractivity contribution in [2.75, 3.05) is 52.2 Å². The molecule has 150 valence electrons. The van der Waals surface area contributed by atoms with Gasteiger partial charge in [0.2, 0.25) is 10.0 Å². The minimum Gasteiger partial charge on any atom is -0.493 e. The van der Waals surface area contributed by atoms with Gasteiger partial charge in [0.05, 0.1) is 25.6 Å². The SMILES string of the molecule is CS(=O)(=O)N(CC(=O)O)CC1CN(CCc2ccc3c(c2)CCO3)CCO1. The first-order valence-electron chi connectivity index (χ1n) is 9.07. The molecule has 3 rings (SSSR count). The number of benzene rings is 1. The minimum absolute atomic E-state index is 0.0534. The summed E-state index contributed by atoms with van der Waals surface area (Å²) in [5.41, 5.74) is 2.51. The zero-order chi connectivity index (χ0) is 19.4. The summed E-state index contributed by atoms with van der Waals surface area (Å²) in [7, 11) is -3.60. The average molecular weight is 398 g/mol. The summed E-state index contributed by atoms with van der Waals surface area (Å²) in [6, 6.07) is 6.30. The Balaban J connectivity index is 1.53. The van der Waals surface area contributed by atoms with Crippen LogP contribution in [-0.2, 0) is 32.4 Å². The van der Waals surface area contributed by atoms with E-state index in [0.29, 0.717) is 13.2 Å². The summed E-state index contributed by atoms with van der Waals surface area (Å²) >= 11 is 0. The van der Waals surface area contributed by atoms with Gasteiger partial charge in [-0.05, 0) is 23.6 Å². The number of sulfonamides is 1. The van der Waals surface area contributed by atoms with Crippen molar-refractivity contribution in [3.63, 3.8) is 0 Å². The lowest BCUT2D eigenvalue weighted by atomic mass is 10.1. The molecule has 2 aliphatic heterocycles. The number of fused-ring (bicyclic) bond motifs is 1. The molecule has 1 aromatic carbocycles. The molecule has 1 fully saturated rings. The second-order valence-electron chi connectivity index (χ2n) is 7.03. The highest BCUT2D eigenvalue weighted by Gasteiger charge is 2.28. The van der Waals surface area contributed by atoms with E-state index >= 15 is 0 Å². The molecular formula is C18H26N2O6S. The quantitative estimate of drug-likeness (QED) is 0.669. The van der Waals surface area contributed by atoms with Crippen molar-refractivity contribution in [2.24, 2.45) is 0 Å². The zero-order valence-corrected chi connectivity index (χ0v) is 16.3. The molecule has 1 saturated heterocycles. The Kier molecular flexibility index (Phi) is 6.36. The Morgan fingerprint density at radius 1 is 1.37 bits per heavy atom. The van der Waals surface area contributed by atoms with Gasteiger partial charge in [0.15, 0.2) is 0 Å². The second-order valence-corrected chi connectivity index (χ2v) is 9.02. The van der Waals surface area contributed by atoms with Gasteiger partial charge in [0.1, 0.15) is 12.3 Å². The summed E-state index contributed by atoms with van der Waals surface area (Å²) in [6.45, 7) is 2.97. The third-order valence-corrected chi connectivity index (χ3v) is 6.10. The van der Waals surface area contributed by atoms with Crippen molar-refractivity contribution in [1.82, 2.24) is 9.21 Å². The second kappa shape index (κ2) is 8.55. The van der Waals surface area contributed by atoms with Gasteiger partial charge < -0.3 is 14.6 Å².